The molecule has 2 aromatic rings. The molecule has 0 aliphatic heterocycles. The van der Waals surface area contributed by atoms with Crippen LogP contribution >= 0.6 is 11.3 Å². The quantitative estimate of drug-likeness (QED) is 0.757. The summed E-state index contributed by atoms with van der Waals surface area (Å²) < 4.78 is 6.49. The number of aryl methyl sites for hydroxylation is 2. The van der Waals surface area contributed by atoms with Crippen LogP contribution in [0.15, 0.2) is 17.5 Å². The number of thiophene rings is 1. The normalized spacial score (nSPS) is 10.3. The maximum atomic E-state index is 11.8. The number of anilines is 1. The highest BCUT2D eigenvalue weighted by molar-refractivity contribution is 7.12. The van der Waals surface area contributed by atoms with E-state index in [1.165, 1.54) is 11.3 Å². The summed E-state index contributed by atoms with van der Waals surface area (Å²) in [4.78, 5) is 35.6. The van der Waals surface area contributed by atoms with Crippen LogP contribution in [0.1, 0.15) is 21.1 Å². The molecule has 9 heteroatoms. The van der Waals surface area contributed by atoms with Gasteiger partial charge in [-0.25, -0.2) is 0 Å². The van der Waals surface area contributed by atoms with E-state index >= 15 is 0 Å². The van der Waals surface area contributed by atoms with Crippen LogP contribution in [0.2, 0.25) is 0 Å². The molecule has 0 saturated heterocycles. The maximum absolute atomic E-state index is 11.8. The van der Waals surface area contributed by atoms with E-state index in [1.54, 1.807) is 36.2 Å². The van der Waals surface area contributed by atoms with E-state index in [2.05, 4.69) is 15.7 Å². The number of nitrogens with zero attached hydrogens (tertiary/aromatic N) is 2. The predicted octanol–water partition coefficient (Wildman–Crippen LogP) is 1.01. The first-order valence-corrected chi connectivity index (χ1v) is 8.04. The number of aromatic nitrogens is 2. The average Bonchev–Trinajstić information content (AvgIpc) is 3.16. The van der Waals surface area contributed by atoms with Crippen LogP contribution in [-0.2, 0) is 21.4 Å². The van der Waals surface area contributed by atoms with Gasteiger partial charge in [0, 0.05) is 7.05 Å². The highest BCUT2D eigenvalue weighted by Gasteiger charge is 2.14. The number of esters is 1. The van der Waals surface area contributed by atoms with Crippen molar-refractivity contribution in [2.75, 3.05) is 18.5 Å². The summed E-state index contributed by atoms with van der Waals surface area (Å²) in [6, 6.07) is 3.39. The van der Waals surface area contributed by atoms with Crippen molar-refractivity contribution in [2.24, 2.45) is 7.05 Å². The zero-order chi connectivity index (χ0) is 17.7. The molecule has 8 nitrogen and oxygen atoms in total. The Hall–Kier alpha value is -2.68. The Morgan fingerprint density at radius 1 is 1.33 bits per heavy atom. The Morgan fingerprint density at radius 2 is 2.08 bits per heavy atom. The van der Waals surface area contributed by atoms with E-state index in [-0.39, 0.29) is 12.5 Å². The second kappa shape index (κ2) is 7.73. The summed E-state index contributed by atoms with van der Waals surface area (Å²) >= 11 is 1.27. The van der Waals surface area contributed by atoms with Crippen molar-refractivity contribution in [3.63, 3.8) is 0 Å². The van der Waals surface area contributed by atoms with Crippen LogP contribution in [0, 0.1) is 13.8 Å². The van der Waals surface area contributed by atoms with Crippen LogP contribution in [0.5, 0.6) is 0 Å². The SMILES string of the molecule is Cc1nn(C)c(C)c1NC(=O)COC(=O)CNC(=O)c1cccs1. The lowest BCUT2D eigenvalue weighted by Gasteiger charge is -2.07. The van der Waals surface area contributed by atoms with Gasteiger partial charge in [-0.3, -0.25) is 19.1 Å². The number of rotatable bonds is 6. The van der Waals surface area contributed by atoms with E-state index < -0.39 is 18.5 Å². The van der Waals surface area contributed by atoms with Crippen LogP contribution in [-0.4, -0.2) is 40.7 Å². The minimum atomic E-state index is -0.685. The van der Waals surface area contributed by atoms with Crippen molar-refractivity contribution in [3.8, 4) is 0 Å². The second-order valence-electron chi connectivity index (χ2n) is 5.04. The standard InChI is InChI=1S/C15H18N4O4S/c1-9-14(10(2)19(3)18-9)17-12(20)8-23-13(21)7-16-15(22)11-5-4-6-24-11/h4-6H,7-8H2,1-3H3,(H,16,22)(H,17,20). The number of carbonyl (C=O) groups excluding carboxylic acids is 3. The molecular weight excluding hydrogens is 332 g/mol. The third-order valence-electron chi connectivity index (χ3n) is 3.28. The number of carbonyl (C=O) groups is 3. The maximum Gasteiger partial charge on any atom is 0.325 e. The van der Waals surface area contributed by atoms with Crippen molar-refractivity contribution >= 4 is 34.8 Å². The third-order valence-corrected chi connectivity index (χ3v) is 4.14. The fourth-order valence-electron chi connectivity index (χ4n) is 1.97. The average molecular weight is 350 g/mol. The molecule has 0 unspecified atom stereocenters. The van der Waals surface area contributed by atoms with E-state index in [1.807, 2.05) is 6.92 Å². The van der Waals surface area contributed by atoms with Gasteiger partial charge in [0.25, 0.3) is 11.8 Å². The Morgan fingerprint density at radius 3 is 2.67 bits per heavy atom. The predicted molar refractivity (Wildman–Crippen MR) is 88.9 cm³/mol. The van der Waals surface area contributed by atoms with Gasteiger partial charge in [-0.1, -0.05) is 6.07 Å². The molecule has 0 spiro atoms. The highest BCUT2D eigenvalue weighted by Crippen LogP contribution is 2.17. The Labute approximate surface area is 142 Å². The first kappa shape index (κ1) is 17.7. The van der Waals surface area contributed by atoms with Gasteiger partial charge >= 0.3 is 5.97 Å². The molecule has 0 atom stereocenters. The van der Waals surface area contributed by atoms with Crippen molar-refractivity contribution in [1.82, 2.24) is 15.1 Å². The summed E-state index contributed by atoms with van der Waals surface area (Å²) in [7, 11) is 1.77. The zero-order valence-electron chi connectivity index (χ0n) is 13.6. The van der Waals surface area contributed by atoms with E-state index in [0.717, 1.165) is 5.69 Å². The first-order chi connectivity index (χ1) is 11.4. The summed E-state index contributed by atoms with van der Waals surface area (Å²) in [6.45, 7) is 2.87. The first-order valence-electron chi connectivity index (χ1n) is 7.16. The van der Waals surface area contributed by atoms with Gasteiger partial charge in [0.15, 0.2) is 6.61 Å². The summed E-state index contributed by atoms with van der Waals surface area (Å²) in [6.07, 6.45) is 0. The molecule has 24 heavy (non-hydrogen) atoms. The fraction of sp³-hybridized carbons (Fsp3) is 0.333. The van der Waals surface area contributed by atoms with Gasteiger partial charge in [-0.2, -0.15) is 5.10 Å². The van der Waals surface area contributed by atoms with E-state index in [0.29, 0.717) is 16.3 Å². The van der Waals surface area contributed by atoms with Gasteiger partial charge in [0.05, 0.1) is 22.0 Å². The molecule has 0 fully saturated rings. The number of amides is 2. The smallest absolute Gasteiger partial charge is 0.325 e. The molecule has 0 saturated carbocycles. The molecule has 0 bridgehead atoms. The molecule has 0 aliphatic rings. The molecule has 2 N–H and O–H groups in total. The van der Waals surface area contributed by atoms with Gasteiger partial charge < -0.3 is 15.4 Å². The molecule has 0 radical (unpaired) electrons. The van der Waals surface area contributed by atoms with E-state index in [4.69, 9.17) is 4.74 Å². The molecule has 128 valence electrons. The van der Waals surface area contributed by atoms with Crippen molar-refractivity contribution in [3.05, 3.63) is 33.8 Å². The Bertz CT molecular complexity index is 752. The summed E-state index contributed by atoms with van der Waals surface area (Å²) in [5.74, 6) is -1.50. The van der Waals surface area contributed by atoms with Crippen LogP contribution in [0.4, 0.5) is 5.69 Å². The largest absolute Gasteiger partial charge is 0.454 e. The molecule has 0 aromatic carbocycles. The van der Waals surface area contributed by atoms with Crippen molar-refractivity contribution < 1.29 is 19.1 Å². The Kier molecular flexibility index (Phi) is 5.69. The Balaban J connectivity index is 1.75. The molecule has 0 aliphatic carbocycles. The lowest BCUT2D eigenvalue weighted by atomic mass is 10.3. The molecular formula is C15H18N4O4S. The lowest BCUT2D eigenvalue weighted by Crippen LogP contribution is -2.31. The molecule has 2 amide bonds. The summed E-state index contributed by atoms with van der Waals surface area (Å²) in [5.41, 5.74) is 2.08. The minimum absolute atomic E-state index is 0.297. The highest BCUT2D eigenvalue weighted by atomic mass is 32.1. The minimum Gasteiger partial charge on any atom is -0.454 e. The van der Waals surface area contributed by atoms with Crippen molar-refractivity contribution in [1.29, 1.82) is 0 Å². The number of ether oxygens (including phenoxy) is 1. The van der Waals surface area contributed by atoms with Crippen LogP contribution in [0.25, 0.3) is 0 Å². The van der Waals surface area contributed by atoms with Gasteiger partial charge in [-0.15, -0.1) is 11.3 Å². The van der Waals surface area contributed by atoms with Gasteiger partial charge in [-0.05, 0) is 25.3 Å². The number of nitrogens with one attached hydrogen (secondary N) is 2. The third kappa shape index (κ3) is 4.42. The molecule has 2 heterocycles. The van der Waals surface area contributed by atoms with Gasteiger partial charge in [0.1, 0.15) is 6.54 Å². The second-order valence-corrected chi connectivity index (χ2v) is 5.99. The molecule has 2 aromatic heterocycles. The fourth-order valence-corrected chi connectivity index (χ4v) is 2.61. The zero-order valence-corrected chi connectivity index (χ0v) is 14.4. The van der Waals surface area contributed by atoms with Crippen LogP contribution < -0.4 is 10.6 Å². The molecule has 2 rings (SSSR count). The van der Waals surface area contributed by atoms with Gasteiger partial charge in [0.2, 0.25) is 0 Å². The lowest BCUT2D eigenvalue weighted by molar-refractivity contribution is -0.146. The summed E-state index contributed by atoms with van der Waals surface area (Å²) in [5, 5.41) is 11.0. The monoisotopic (exact) mass is 350 g/mol. The topological polar surface area (TPSA) is 102 Å². The van der Waals surface area contributed by atoms with E-state index in [9.17, 15) is 14.4 Å². The van der Waals surface area contributed by atoms with Crippen molar-refractivity contribution in [2.45, 2.75) is 13.8 Å². The van der Waals surface area contributed by atoms with Crippen LogP contribution in [0.3, 0.4) is 0 Å². The number of hydrogen-bond donors (Lipinski definition) is 2. The number of hydrogen-bond acceptors (Lipinski definition) is 6.